The molecule has 0 amide bonds. The van der Waals surface area contributed by atoms with Crippen molar-refractivity contribution in [1.29, 1.82) is 0 Å². The number of hydrogen-bond acceptors (Lipinski definition) is 9. The number of nitrogens with zero attached hydrogens (tertiary/aromatic N) is 5. The highest BCUT2D eigenvalue weighted by Gasteiger charge is 2.26. The van der Waals surface area contributed by atoms with E-state index in [1.165, 1.54) is 17.4 Å². The van der Waals surface area contributed by atoms with Crippen LogP contribution in [-0.2, 0) is 22.0 Å². The van der Waals surface area contributed by atoms with Crippen molar-refractivity contribution in [3.8, 4) is 21.8 Å². The van der Waals surface area contributed by atoms with Gasteiger partial charge in [0.15, 0.2) is 5.82 Å². The molecule has 224 valence electrons. The predicted octanol–water partition coefficient (Wildman–Crippen LogP) is 5.80. The number of nitrogens with one attached hydrogen (secondary N) is 3. The molecule has 13 heteroatoms. The summed E-state index contributed by atoms with van der Waals surface area (Å²) < 4.78 is 45.0. The highest BCUT2D eigenvalue weighted by molar-refractivity contribution is 7.92. The predicted molar refractivity (Wildman–Crippen MR) is 166 cm³/mol. The molecule has 0 unspecified atom stereocenters. The number of piperidine rings is 1. The van der Waals surface area contributed by atoms with E-state index in [0.717, 1.165) is 43.2 Å². The van der Waals surface area contributed by atoms with Crippen LogP contribution in [0.1, 0.15) is 52.0 Å². The molecule has 3 aromatic heterocycles. The second kappa shape index (κ2) is 12.4. The zero-order chi connectivity index (χ0) is 29.9. The quantitative estimate of drug-likeness (QED) is 0.205. The van der Waals surface area contributed by atoms with Crippen LogP contribution in [0.25, 0.3) is 21.8 Å². The van der Waals surface area contributed by atoms with Crippen molar-refractivity contribution < 1.29 is 12.8 Å². The smallest absolute Gasteiger partial charge is 0.232 e. The number of hydrogen-bond donors (Lipinski definition) is 3. The summed E-state index contributed by atoms with van der Waals surface area (Å²) in [5.74, 6) is 0.201. The van der Waals surface area contributed by atoms with Gasteiger partial charge < -0.3 is 10.6 Å². The summed E-state index contributed by atoms with van der Waals surface area (Å²) in [6, 6.07) is 6.41. The van der Waals surface area contributed by atoms with Gasteiger partial charge in [0.05, 0.1) is 44.6 Å². The van der Waals surface area contributed by atoms with Crippen molar-refractivity contribution in [2.45, 2.75) is 58.9 Å². The summed E-state index contributed by atoms with van der Waals surface area (Å²) in [7, 11) is -3.68. The van der Waals surface area contributed by atoms with Gasteiger partial charge in [0.2, 0.25) is 16.0 Å². The summed E-state index contributed by atoms with van der Waals surface area (Å²) in [5, 5.41) is 11.9. The fourth-order valence-electron chi connectivity index (χ4n) is 4.81. The maximum Gasteiger partial charge on any atom is 0.232 e. The average Bonchev–Trinajstić information content (AvgIpc) is 3.58. The molecule has 3 N–H and O–H groups in total. The number of rotatable bonds is 10. The van der Waals surface area contributed by atoms with Gasteiger partial charge in [-0.1, -0.05) is 33.8 Å². The van der Waals surface area contributed by atoms with Crippen molar-refractivity contribution >= 4 is 38.7 Å². The van der Waals surface area contributed by atoms with Gasteiger partial charge in [0.25, 0.3) is 0 Å². The molecule has 10 nitrogen and oxygen atoms in total. The molecular formula is C29H37FN8O2S2. The number of benzene rings is 1. The van der Waals surface area contributed by atoms with Gasteiger partial charge in [-0.3, -0.25) is 9.40 Å². The molecule has 0 saturated carbocycles. The average molecular weight is 613 g/mol. The number of aromatic nitrogens is 5. The molecule has 0 atom stereocenters. The molecule has 42 heavy (non-hydrogen) atoms. The zero-order valence-corrected chi connectivity index (χ0v) is 25.9. The fraction of sp³-hybridized carbons (Fsp3) is 0.448. The van der Waals surface area contributed by atoms with E-state index in [9.17, 15) is 8.42 Å². The second-order valence-corrected chi connectivity index (χ2v) is 14.4. The van der Waals surface area contributed by atoms with E-state index in [2.05, 4.69) is 25.4 Å². The first-order valence-corrected chi connectivity index (χ1v) is 16.6. The summed E-state index contributed by atoms with van der Waals surface area (Å²) in [6.45, 7) is 10.8. The molecule has 4 aromatic rings. The first-order valence-electron chi connectivity index (χ1n) is 14.2. The Kier molecular flexibility index (Phi) is 8.90. The summed E-state index contributed by atoms with van der Waals surface area (Å²) in [4.78, 5) is 14.7. The van der Waals surface area contributed by atoms with Gasteiger partial charge in [-0.05, 0) is 56.5 Å². The summed E-state index contributed by atoms with van der Waals surface area (Å²) in [6.07, 6.45) is 8.05. The molecule has 1 saturated heterocycles. The van der Waals surface area contributed by atoms with Crippen LogP contribution in [0.4, 0.5) is 21.7 Å². The Labute approximate surface area is 250 Å². The molecule has 1 aliphatic rings. The van der Waals surface area contributed by atoms with E-state index >= 15 is 4.39 Å². The van der Waals surface area contributed by atoms with Gasteiger partial charge in [-0.2, -0.15) is 5.10 Å². The largest absolute Gasteiger partial charge is 0.321 e. The van der Waals surface area contributed by atoms with Crippen molar-refractivity contribution in [2.24, 2.45) is 5.92 Å². The maximum atomic E-state index is 15.8. The fourth-order valence-corrected chi connectivity index (χ4v) is 7.05. The van der Waals surface area contributed by atoms with Gasteiger partial charge in [-0.25, -0.2) is 27.8 Å². The molecule has 0 radical (unpaired) electrons. The van der Waals surface area contributed by atoms with Crippen molar-refractivity contribution in [2.75, 3.05) is 28.9 Å². The minimum Gasteiger partial charge on any atom is -0.321 e. The van der Waals surface area contributed by atoms with Crippen LogP contribution in [0, 0.1) is 11.7 Å². The van der Waals surface area contributed by atoms with Crippen LogP contribution in [-0.4, -0.2) is 52.0 Å². The van der Waals surface area contributed by atoms with Crippen LogP contribution in [0.2, 0.25) is 0 Å². The van der Waals surface area contributed by atoms with Crippen LogP contribution in [0.15, 0.2) is 42.9 Å². The van der Waals surface area contributed by atoms with Crippen LogP contribution < -0.4 is 15.4 Å². The third-order valence-electron chi connectivity index (χ3n) is 6.94. The number of sulfonamides is 1. The number of thiazole rings is 1. The third kappa shape index (κ3) is 7.13. The van der Waals surface area contributed by atoms with E-state index in [-0.39, 0.29) is 22.4 Å². The molecular weight excluding hydrogens is 576 g/mol. The van der Waals surface area contributed by atoms with E-state index in [0.29, 0.717) is 34.6 Å². The van der Waals surface area contributed by atoms with Gasteiger partial charge >= 0.3 is 0 Å². The van der Waals surface area contributed by atoms with E-state index in [1.807, 2.05) is 31.6 Å². The Morgan fingerprint density at radius 1 is 1.17 bits per heavy atom. The molecule has 5 rings (SSSR count). The van der Waals surface area contributed by atoms with Crippen LogP contribution >= 0.6 is 11.3 Å². The highest BCUT2D eigenvalue weighted by Crippen LogP contribution is 2.42. The molecule has 1 aliphatic heterocycles. The molecule has 0 bridgehead atoms. The van der Waals surface area contributed by atoms with Crippen LogP contribution in [0.5, 0.6) is 0 Å². The lowest BCUT2D eigenvalue weighted by atomic mass is 9.98. The van der Waals surface area contributed by atoms with Gasteiger partial charge in [0.1, 0.15) is 0 Å². The Morgan fingerprint density at radius 2 is 1.95 bits per heavy atom. The number of anilines is 3. The lowest BCUT2D eigenvalue weighted by molar-refractivity contribution is 0.321. The lowest BCUT2D eigenvalue weighted by Gasteiger charge is -2.22. The molecule has 4 heterocycles. The molecule has 1 fully saturated rings. The Balaban J connectivity index is 1.46. The first-order chi connectivity index (χ1) is 20.0. The topological polar surface area (TPSA) is 127 Å². The summed E-state index contributed by atoms with van der Waals surface area (Å²) >= 11 is 1.43. The van der Waals surface area contributed by atoms with E-state index in [1.54, 1.807) is 37.5 Å². The van der Waals surface area contributed by atoms with Gasteiger partial charge in [0, 0.05) is 29.9 Å². The number of halogens is 1. The van der Waals surface area contributed by atoms with E-state index in [4.69, 9.17) is 9.97 Å². The maximum absolute atomic E-state index is 15.8. The minimum absolute atomic E-state index is 0.0968. The normalized spacial score (nSPS) is 14.7. The Morgan fingerprint density at radius 3 is 2.69 bits per heavy atom. The van der Waals surface area contributed by atoms with Crippen molar-refractivity contribution in [3.63, 3.8) is 0 Å². The second-order valence-electron chi connectivity index (χ2n) is 11.6. The molecule has 0 spiro atoms. The SMILES string of the molecule is CCCS(=O)(=O)Nc1cccc(-c2nc(C(C)(C)C)sc2-c2ccnc(Nc3cnn(CC4CCNCC4)c3)n2)c1F. The third-order valence-corrected chi connectivity index (χ3v) is 9.92. The summed E-state index contributed by atoms with van der Waals surface area (Å²) in [5.41, 5.74) is 1.54. The highest BCUT2D eigenvalue weighted by atomic mass is 32.2. The molecule has 0 aliphatic carbocycles. The Bertz CT molecular complexity index is 1640. The lowest BCUT2D eigenvalue weighted by Crippen LogP contribution is -2.29. The Hall–Kier alpha value is -3.42. The van der Waals surface area contributed by atoms with Crippen LogP contribution in [0.3, 0.4) is 0 Å². The minimum atomic E-state index is -3.68. The monoisotopic (exact) mass is 612 g/mol. The van der Waals surface area contributed by atoms with Crippen molar-refractivity contribution in [1.82, 2.24) is 30.0 Å². The first kappa shape index (κ1) is 30.1. The van der Waals surface area contributed by atoms with Gasteiger partial charge in [-0.15, -0.1) is 11.3 Å². The standard InChI is InChI=1S/C29H37FN8O2S2/c1-5-15-42(39,40)37-22-8-6-7-21(24(22)30)25-26(41-27(36-25)29(2,3)4)23-11-14-32-28(35-23)34-20-16-33-38(18-20)17-19-9-12-31-13-10-19/h6-8,11,14,16,18-19,31,37H,5,9-10,12-13,15,17H2,1-4H3,(H,32,34,35). The van der Waals surface area contributed by atoms with Crippen molar-refractivity contribution in [3.05, 3.63) is 53.7 Å². The molecule has 1 aromatic carbocycles. The van der Waals surface area contributed by atoms with E-state index < -0.39 is 15.8 Å². The zero-order valence-electron chi connectivity index (χ0n) is 24.3.